The molecule has 2 atom stereocenters. The summed E-state index contributed by atoms with van der Waals surface area (Å²) in [5.41, 5.74) is 3.47. The van der Waals surface area contributed by atoms with Crippen LogP contribution in [0.15, 0.2) is 53.7 Å². The molecule has 2 aliphatic rings. The molecule has 0 spiro atoms. The summed E-state index contributed by atoms with van der Waals surface area (Å²) in [6, 6.07) is 12.9. The molecule has 2 heterocycles. The summed E-state index contributed by atoms with van der Waals surface area (Å²) < 4.78 is 17.2. The fourth-order valence-electron chi connectivity index (χ4n) is 5.11. The number of nitrogens with zero attached hydrogens (tertiary/aromatic N) is 1. The lowest BCUT2D eigenvalue weighted by molar-refractivity contribution is -0.141. The summed E-state index contributed by atoms with van der Waals surface area (Å²) in [4.78, 5) is 28.6. The minimum absolute atomic E-state index is 0.0231. The summed E-state index contributed by atoms with van der Waals surface area (Å²) in [5, 5.41) is 0.589. The predicted octanol–water partition coefficient (Wildman–Crippen LogP) is 6.62. The van der Waals surface area contributed by atoms with E-state index < -0.39 is 11.9 Å². The lowest BCUT2D eigenvalue weighted by Crippen LogP contribution is -2.42. The van der Waals surface area contributed by atoms with E-state index in [1.54, 1.807) is 24.1 Å². The van der Waals surface area contributed by atoms with E-state index in [-0.39, 0.29) is 25.0 Å². The topological polar surface area (TPSA) is 65.1 Å². The highest BCUT2D eigenvalue weighted by molar-refractivity contribution is 6.30. The molecule has 40 heavy (non-hydrogen) atoms. The average Bonchev–Trinajstić information content (AvgIpc) is 3.47. The van der Waals surface area contributed by atoms with Crippen LogP contribution in [0.2, 0.25) is 5.02 Å². The number of rotatable bonds is 10. The number of amides is 1. The number of allylic oxidation sites excluding steroid dienone is 1. The Morgan fingerprint density at radius 2 is 1.98 bits per heavy atom. The third kappa shape index (κ3) is 7.60. The van der Waals surface area contributed by atoms with Gasteiger partial charge in [0.15, 0.2) is 0 Å². The number of hydrogen-bond acceptors (Lipinski definition) is 5. The number of benzene rings is 2. The molecule has 0 aromatic heterocycles. The molecule has 0 saturated carbocycles. The summed E-state index contributed by atoms with van der Waals surface area (Å²) in [6.45, 7) is 2.96. The highest BCUT2D eigenvalue weighted by Crippen LogP contribution is 2.38. The molecule has 1 amide bonds. The minimum atomic E-state index is -0.465. The number of carbonyl (C=O) groups excluding carboxylic acids is 2. The zero-order chi connectivity index (χ0) is 28.5. The standard InChI is InChI=1S/C32H35Cl2NO5/c1-22-31(32(37)40-21-25-11-10-23(18-29(25)38-2)8-5-3-4-6-16-33)28(24-12-14-26(34)15-13-24)19-30(36)35(22)20-27-9-7-17-39-27/h10-15,18,27-28H,3-4,6-7,9,16-17,19-21H2,1-2H3/t27-,28?/m1/s1. The van der Waals surface area contributed by atoms with Gasteiger partial charge in [-0.2, -0.15) is 0 Å². The number of carbonyl (C=O) groups is 2. The fraction of sp³-hybridized carbons (Fsp3) is 0.438. The number of ether oxygens (including phenoxy) is 3. The van der Waals surface area contributed by atoms with Crippen molar-refractivity contribution in [3.8, 4) is 17.6 Å². The molecule has 2 aromatic rings. The lowest BCUT2D eigenvalue weighted by Gasteiger charge is -2.35. The largest absolute Gasteiger partial charge is 0.496 e. The first-order valence-electron chi connectivity index (χ1n) is 13.7. The van der Waals surface area contributed by atoms with Gasteiger partial charge in [0.05, 0.1) is 25.3 Å². The van der Waals surface area contributed by atoms with E-state index in [9.17, 15) is 9.59 Å². The maximum Gasteiger partial charge on any atom is 0.336 e. The van der Waals surface area contributed by atoms with Crippen molar-refractivity contribution < 1.29 is 23.8 Å². The molecule has 8 heteroatoms. The van der Waals surface area contributed by atoms with Crippen molar-refractivity contribution in [2.24, 2.45) is 0 Å². The minimum Gasteiger partial charge on any atom is -0.496 e. The Kier molecular flexibility index (Phi) is 10.9. The van der Waals surface area contributed by atoms with Gasteiger partial charge in [-0.05, 0) is 62.4 Å². The Bertz CT molecular complexity index is 1290. The number of halogens is 2. The first kappa shape index (κ1) is 30.0. The quantitative estimate of drug-likeness (QED) is 0.136. The zero-order valence-corrected chi connectivity index (χ0v) is 24.5. The van der Waals surface area contributed by atoms with Crippen molar-refractivity contribution >= 4 is 35.1 Å². The Balaban J connectivity index is 1.55. The summed E-state index contributed by atoms with van der Waals surface area (Å²) in [6.07, 6.45) is 4.68. The number of unbranched alkanes of at least 4 members (excludes halogenated alkanes) is 2. The van der Waals surface area contributed by atoms with Crippen LogP contribution in [0, 0.1) is 11.8 Å². The number of hydrogen-bond donors (Lipinski definition) is 0. The molecule has 0 radical (unpaired) electrons. The van der Waals surface area contributed by atoms with Crippen molar-refractivity contribution in [1.29, 1.82) is 0 Å². The van der Waals surface area contributed by atoms with Gasteiger partial charge in [0.25, 0.3) is 0 Å². The fourth-order valence-corrected chi connectivity index (χ4v) is 5.42. The Hall–Kier alpha value is -2.98. The van der Waals surface area contributed by atoms with E-state index in [1.807, 2.05) is 37.3 Å². The second kappa shape index (κ2) is 14.6. The van der Waals surface area contributed by atoms with Crippen LogP contribution in [-0.2, 0) is 25.7 Å². The van der Waals surface area contributed by atoms with Crippen LogP contribution < -0.4 is 4.74 Å². The maximum absolute atomic E-state index is 13.7. The van der Waals surface area contributed by atoms with Crippen LogP contribution in [0.4, 0.5) is 0 Å². The summed E-state index contributed by atoms with van der Waals surface area (Å²) >= 11 is 11.8. The molecule has 6 nitrogen and oxygen atoms in total. The van der Waals surface area contributed by atoms with Crippen molar-refractivity contribution in [2.45, 2.75) is 64.1 Å². The second-order valence-corrected chi connectivity index (χ2v) is 10.8. The van der Waals surface area contributed by atoms with Crippen LogP contribution in [0.1, 0.15) is 68.1 Å². The third-order valence-electron chi connectivity index (χ3n) is 7.29. The molecule has 2 aliphatic heterocycles. The smallest absolute Gasteiger partial charge is 0.336 e. The SMILES string of the molecule is COc1cc(C#CCCCCCl)ccc1COC(=O)C1=C(C)N(C[C@H]2CCCO2)C(=O)CC1c1ccc(Cl)cc1. The summed E-state index contributed by atoms with van der Waals surface area (Å²) in [5.74, 6) is 6.61. The van der Waals surface area contributed by atoms with Crippen molar-refractivity contribution in [3.63, 3.8) is 0 Å². The monoisotopic (exact) mass is 583 g/mol. The Morgan fingerprint density at radius 1 is 1.18 bits per heavy atom. The normalized spacial score (nSPS) is 18.9. The molecule has 1 saturated heterocycles. The third-order valence-corrected chi connectivity index (χ3v) is 7.81. The van der Waals surface area contributed by atoms with Gasteiger partial charge in [0, 0.05) is 53.1 Å². The maximum atomic E-state index is 13.7. The van der Waals surface area contributed by atoms with Gasteiger partial charge in [-0.3, -0.25) is 4.79 Å². The molecule has 1 unspecified atom stereocenters. The molecule has 2 aromatic carbocycles. The first-order valence-corrected chi connectivity index (χ1v) is 14.6. The van der Waals surface area contributed by atoms with Crippen molar-refractivity contribution in [2.75, 3.05) is 26.1 Å². The average molecular weight is 585 g/mol. The van der Waals surface area contributed by atoms with Gasteiger partial charge < -0.3 is 19.1 Å². The molecular formula is C32H35Cl2NO5. The van der Waals surface area contributed by atoms with Gasteiger partial charge in [-0.25, -0.2) is 4.79 Å². The zero-order valence-electron chi connectivity index (χ0n) is 23.0. The van der Waals surface area contributed by atoms with E-state index in [4.69, 9.17) is 37.4 Å². The van der Waals surface area contributed by atoms with Gasteiger partial charge >= 0.3 is 5.97 Å². The second-order valence-electron chi connectivity index (χ2n) is 10.00. The molecule has 0 aliphatic carbocycles. The number of methoxy groups -OCH3 is 1. The molecule has 1 fully saturated rings. The van der Waals surface area contributed by atoms with E-state index in [2.05, 4.69) is 11.8 Å². The summed E-state index contributed by atoms with van der Waals surface area (Å²) in [7, 11) is 1.58. The van der Waals surface area contributed by atoms with Crippen molar-refractivity contribution in [1.82, 2.24) is 4.90 Å². The van der Waals surface area contributed by atoms with Crippen LogP contribution in [0.3, 0.4) is 0 Å². The predicted molar refractivity (Wildman–Crippen MR) is 156 cm³/mol. The molecule has 212 valence electrons. The van der Waals surface area contributed by atoms with Crippen LogP contribution in [0.25, 0.3) is 0 Å². The van der Waals surface area contributed by atoms with E-state index in [0.29, 0.717) is 41.1 Å². The highest BCUT2D eigenvalue weighted by Gasteiger charge is 2.38. The highest BCUT2D eigenvalue weighted by atomic mass is 35.5. The van der Waals surface area contributed by atoms with Gasteiger partial charge in [-0.15, -0.1) is 11.6 Å². The molecule has 0 N–H and O–H groups in total. The Morgan fingerprint density at radius 3 is 2.67 bits per heavy atom. The van der Waals surface area contributed by atoms with Gasteiger partial charge in [-0.1, -0.05) is 41.6 Å². The molecular weight excluding hydrogens is 549 g/mol. The van der Waals surface area contributed by atoms with E-state index in [1.165, 1.54) is 0 Å². The molecule has 4 rings (SSSR count). The first-order chi connectivity index (χ1) is 19.4. The van der Waals surface area contributed by atoms with Crippen LogP contribution in [-0.4, -0.2) is 49.0 Å². The van der Waals surface area contributed by atoms with E-state index >= 15 is 0 Å². The van der Waals surface area contributed by atoms with Gasteiger partial charge in [0.1, 0.15) is 12.4 Å². The lowest BCUT2D eigenvalue weighted by atomic mass is 9.83. The number of esters is 1. The molecule has 0 bridgehead atoms. The van der Waals surface area contributed by atoms with Crippen LogP contribution in [0.5, 0.6) is 5.75 Å². The van der Waals surface area contributed by atoms with Crippen LogP contribution >= 0.6 is 23.2 Å². The van der Waals surface area contributed by atoms with E-state index in [0.717, 1.165) is 48.8 Å². The Labute approximate surface area is 246 Å². The van der Waals surface area contributed by atoms with Crippen molar-refractivity contribution in [3.05, 3.63) is 75.4 Å². The number of alkyl halides is 1. The van der Waals surface area contributed by atoms with Gasteiger partial charge in [0.2, 0.25) is 5.91 Å².